The standard InChI is InChI=1S/C12H16ClN5O3/c13-9-6-8(7-10(18(20)21)11(9)15-14)12(19)16-17-4-2-1-3-5-17/h6-7,15H,1-5,14H2,(H,16,19). The van der Waals surface area contributed by atoms with Gasteiger partial charge in [-0.2, -0.15) is 0 Å². The van der Waals surface area contributed by atoms with E-state index in [1.165, 1.54) is 6.07 Å². The van der Waals surface area contributed by atoms with Gasteiger partial charge in [-0.1, -0.05) is 18.0 Å². The summed E-state index contributed by atoms with van der Waals surface area (Å²) in [5.74, 6) is 4.79. The quantitative estimate of drug-likeness (QED) is 0.442. The van der Waals surface area contributed by atoms with Crippen LogP contribution in [0.1, 0.15) is 29.6 Å². The van der Waals surface area contributed by atoms with Crippen LogP contribution in [0.4, 0.5) is 11.4 Å². The molecule has 0 spiro atoms. The minimum atomic E-state index is -0.640. The number of hydrazine groups is 2. The van der Waals surface area contributed by atoms with E-state index in [0.29, 0.717) is 0 Å². The molecule has 21 heavy (non-hydrogen) atoms. The molecule has 0 bridgehead atoms. The first-order chi connectivity index (χ1) is 10.0. The number of nitrogens with one attached hydrogen (secondary N) is 2. The predicted octanol–water partition coefficient (Wildman–Crippen LogP) is 1.66. The van der Waals surface area contributed by atoms with E-state index >= 15 is 0 Å². The number of hydrogen-bond donors (Lipinski definition) is 3. The molecule has 0 unspecified atom stereocenters. The van der Waals surface area contributed by atoms with Gasteiger partial charge < -0.3 is 5.43 Å². The summed E-state index contributed by atoms with van der Waals surface area (Å²) in [6, 6.07) is 2.50. The number of nitrogens with two attached hydrogens (primary N) is 1. The van der Waals surface area contributed by atoms with Crippen LogP contribution in [0.2, 0.25) is 5.02 Å². The number of anilines is 1. The number of nitro groups is 1. The summed E-state index contributed by atoms with van der Waals surface area (Å²) in [5, 5.41) is 12.8. The summed E-state index contributed by atoms with van der Waals surface area (Å²) >= 11 is 5.93. The maximum atomic E-state index is 12.2. The van der Waals surface area contributed by atoms with Crippen LogP contribution in [0, 0.1) is 10.1 Å². The van der Waals surface area contributed by atoms with Crippen LogP contribution in [0.3, 0.4) is 0 Å². The van der Waals surface area contributed by atoms with Crippen molar-refractivity contribution in [2.45, 2.75) is 19.3 Å². The Morgan fingerprint density at radius 3 is 2.57 bits per heavy atom. The van der Waals surface area contributed by atoms with Gasteiger partial charge in [0.25, 0.3) is 11.6 Å². The van der Waals surface area contributed by atoms with Crippen molar-refractivity contribution in [1.82, 2.24) is 10.4 Å². The maximum absolute atomic E-state index is 12.2. The van der Waals surface area contributed by atoms with Crippen LogP contribution < -0.4 is 16.7 Å². The fourth-order valence-corrected chi connectivity index (χ4v) is 2.49. The van der Waals surface area contributed by atoms with Gasteiger partial charge in [0.1, 0.15) is 5.69 Å². The lowest BCUT2D eigenvalue weighted by molar-refractivity contribution is -0.384. The first-order valence-corrected chi connectivity index (χ1v) is 6.91. The van der Waals surface area contributed by atoms with Crippen molar-refractivity contribution in [2.24, 2.45) is 5.84 Å². The molecule has 0 saturated carbocycles. The van der Waals surface area contributed by atoms with Gasteiger partial charge in [-0.3, -0.25) is 26.2 Å². The summed E-state index contributed by atoms with van der Waals surface area (Å²) in [6.45, 7) is 1.54. The lowest BCUT2D eigenvalue weighted by atomic mass is 10.1. The molecule has 1 saturated heterocycles. The summed E-state index contributed by atoms with van der Waals surface area (Å²) in [5.41, 5.74) is 4.67. The molecule has 8 nitrogen and oxygen atoms in total. The number of carbonyl (C=O) groups is 1. The second-order valence-electron chi connectivity index (χ2n) is 4.74. The van der Waals surface area contributed by atoms with E-state index < -0.39 is 10.8 Å². The minimum Gasteiger partial charge on any atom is -0.317 e. The molecule has 0 atom stereocenters. The van der Waals surface area contributed by atoms with Gasteiger partial charge >= 0.3 is 0 Å². The van der Waals surface area contributed by atoms with Gasteiger partial charge in [0.2, 0.25) is 0 Å². The highest BCUT2D eigenvalue weighted by Crippen LogP contribution is 2.33. The lowest BCUT2D eigenvalue weighted by Gasteiger charge is -2.26. The molecule has 1 aliphatic rings. The van der Waals surface area contributed by atoms with Crippen molar-refractivity contribution >= 4 is 28.9 Å². The molecule has 4 N–H and O–H groups in total. The number of benzene rings is 1. The number of nitro benzene ring substituents is 1. The molecular weight excluding hydrogens is 298 g/mol. The highest BCUT2D eigenvalue weighted by atomic mass is 35.5. The van der Waals surface area contributed by atoms with Crippen LogP contribution in [0.15, 0.2) is 12.1 Å². The van der Waals surface area contributed by atoms with E-state index in [1.807, 2.05) is 0 Å². The lowest BCUT2D eigenvalue weighted by Crippen LogP contribution is -2.45. The Balaban J connectivity index is 2.22. The van der Waals surface area contributed by atoms with Crippen molar-refractivity contribution in [3.63, 3.8) is 0 Å². The van der Waals surface area contributed by atoms with Gasteiger partial charge in [0.05, 0.1) is 9.95 Å². The van der Waals surface area contributed by atoms with E-state index in [4.69, 9.17) is 17.4 Å². The zero-order valence-electron chi connectivity index (χ0n) is 11.3. The molecular formula is C12H16ClN5O3. The molecule has 0 aromatic heterocycles. The number of amides is 1. The second kappa shape index (κ2) is 6.70. The van der Waals surface area contributed by atoms with Gasteiger partial charge in [-0.25, -0.2) is 5.01 Å². The zero-order chi connectivity index (χ0) is 15.4. The first kappa shape index (κ1) is 15.5. The molecule has 1 aromatic rings. The van der Waals surface area contributed by atoms with Crippen LogP contribution in [0.25, 0.3) is 0 Å². The van der Waals surface area contributed by atoms with Crippen molar-refractivity contribution in [3.05, 3.63) is 32.8 Å². The Hall–Kier alpha value is -1.90. The van der Waals surface area contributed by atoms with Gasteiger partial charge in [0.15, 0.2) is 0 Å². The third-order valence-corrected chi connectivity index (χ3v) is 3.59. The first-order valence-electron chi connectivity index (χ1n) is 6.53. The summed E-state index contributed by atoms with van der Waals surface area (Å²) in [6.07, 6.45) is 3.16. The van der Waals surface area contributed by atoms with E-state index in [-0.39, 0.29) is 22.0 Å². The number of halogens is 1. The minimum absolute atomic E-state index is 0.0174. The summed E-state index contributed by atoms with van der Waals surface area (Å²) in [7, 11) is 0. The molecule has 1 heterocycles. The van der Waals surface area contributed by atoms with E-state index in [9.17, 15) is 14.9 Å². The van der Waals surface area contributed by atoms with E-state index in [2.05, 4.69) is 10.9 Å². The van der Waals surface area contributed by atoms with E-state index in [1.54, 1.807) is 5.01 Å². The SMILES string of the molecule is NNc1c(Cl)cc(C(=O)NN2CCCCC2)cc1[N+](=O)[O-]. The molecule has 0 radical (unpaired) electrons. The number of nitrogen functional groups attached to an aromatic ring is 1. The zero-order valence-corrected chi connectivity index (χ0v) is 12.0. The second-order valence-corrected chi connectivity index (χ2v) is 5.15. The van der Waals surface area contributed by atoms with Gasteiger partial charge in [0, 0.05) is 24.7 Å². The molecule has 1 fully saturated rings. The van der Waals surface area contributed by atoms with Crippen LogP contribution in [0.5, 0.6) is 0 Å². The molecule has 114 valence electrons. The van der Waals surface area contributed by atoms with Crippen molar-refractivity contribution in [2.75, 3.05) is 18.5 Å². The third kappa shape index (κ3) is 3.60. The third-order valence-electron chi connectivity index (χ3n) is 3.29. The number of rotatable bonds is 4. The topological polar surface area (TPSA) is 114 Å². The molecule has 0 aliphatic carbocycles. The number of piperidine rings is 1. The Morgan fingerprint density at radius 1 is 1.33 bits per heavy atom. The van der Waals surface area contributed by atoms with Crippen molar-refractivity contribution < 1.29 is 9.72 Å². The smallest absolute Gasteiger partial charge is 0.295 e. The van der Waals surface area contributed by atoms with Gasteiger partial charge in [-0.05, 0) is 18.9 Å². The molecule has 1 aliphatic heterocycles. The van der Waals surface area contributed by atoms with Gasteiger partial charge in [-0.15, -0.1) is 0 Å². The Morgan fingerprint density at radius 2 is 2.00 bits per heavy atom. The number of nitrogens with zero attached hydrogens (tertiary/aromatic N) is 2. The van der Waals surface area contributed by atoms with Crippen molar-refractivity contribution in [3.8, 4) is 0 Å². The summed E-state index contributed by atoms with van der Waals surface area (Å²) in [4.78, 5) is 22.5. The highest BCUT2D eigenvalue weighted by molar-refractivity contribution is 6.34. The fourth-order valence-electron chi connectivity index (χ4n) is 2.22. The number of hydrogen-bond acceptors (Lipinski definition) is 6. The highest BCUT2D eigenvalue weighted by Gasteiger charge is 2.22. The molecule has 9 heteroatoms. The average molecular weight is 314 g/mol. The largest absolute Gasteiger partial charge is 0.317 e. The van der Waals surface area contributed by atoms with Crippen LogP contribution >= 0.6 is 11.6 Å². The van der Waals surface area contributed by atoms with Crippen LogP contribution in [-0.4, -0.2) is 28.9 Å². The fraction of sp³-hybridized carbons (Fsp3) is 0.417. The number of carbonyl (C=O) groups excluding carboxylic acids is 1. The summed E-state index contributed by atoms with van der Waals surface area (Å²) < 4.78 is 0. The van der Waals surface area contributed by atoms with Crippen molar-refractivity contribution in [1.29, 1.82) is 0 Å². The molecule has 2 rings (SSSR count). The predicted molar refractivity (Wildman–Crippen MR) is 78.8 cm³/mol. The Bertz CT molecular complexity index is 560. The molecule has 1 amide bonds. The normalized spacial score (nSPS) is 15.5. The average Bonchev–Trinajstić information content (AvgIpc) is 2.47. The molecule has 1 aromatic carbocycles. The Kier molecular flexibility index (Phi) is 4.94. The monoisotopic (exact) mass is 313 g/mol. The van der Waals surface area contributed by atoms with E-state index in [0.717, 1.165) is 38.4 Å². The Labute approximate surface area is 126 Å². The van der Waals surface area contributed by atoms with Crippen LogP contribution in [-0.2, 0) is 0 Å². The maximum Gasteiger partial charge on any atom is 0.295 e.